The lowest BCUT2D eigenvalue weighted by atomic mass is 10.1. The van der Waals surface area contributed by atoms with Gasteiger partial charge in [0, 0.05) is 5.56 Å². The predicted octanol–water partition coefficient (Wildman–Crippen LogP) is 11.1. The highest BCUT2D eigenvalue weighted by molar-refractivity contribution is 5.50. The van der Waals surface area contributed by atoms with Crippen LogP contribution in [0.4, 0.5) is 28.9 Å². The van der Waals surface area contributed by atoms with Crippen molar-refractivity contribution in [3.8, 4) is 23.3 Å². The smallest absolute Gasteiger partial charge is 0.205 e. The van der Waals surface area contributed by atoms with Crippen molar-refractivity contribution in [2.24, 2.45) is 10.2 Å². The van der Waals surface area contributed by atoms with E-state index in [0.717, 1.165) is 50.7 Å². The van der Waals surface area contributed by atoms with E-state index in [0.29, 0.717) is 30.0 Å². The van der Waals surface area contributed by atoms with Crippen molar-refractivity contribution in [1.29, 1.82) is 0 Å². The van der Waals surface area contributed by atoms with E-state index in [1.54, 1.807) is 24.3 Å². The number of ether oxygens (including phenoxy) is 2. The summed E-state index contributed by atoms with van der Waals surface area (Å²) in [5.74, 6) is -1.87. The van der Waals surface area contributed by atoms with E-state index in [9.17, 15) is 17.6 Å². The lowest BCUT2D eigenvalue weighted by Crippen LogP contribution is -2.08. The Morgan fingerprint density at radius 2 is 1.00 bits per heavy atom. The summed E-state index contributed by atoms with van der Waals surface area (Å²) in [6, 6.07) is 13.7. The van der Waals surface area contributed by atoms with Gasteiger partial charge in [-0.25, -0.2) is 8.78 Å². The molecule has 3 aromatic carbocycles. The average molecular weight is 597 g/mol. The first-order valence-electron chi connectivity index (χ1n) is 15.2. The lowest BCUT2D eigenvalue weighted by molar-refractivity contribution is 0.263. The first kappa shape index (κ1) is 33.6. The van der Waals surface area contributed by atoms with Gasteiger partial charge in [0.05, 0.1) is 24.6 Å². The van der Waals surface area contributed by atoms with Crippen LogP contribution in [-0.4, -0.2) is 13.2 Å². The number of azo groups is 1. The maximum absolute atomic E-state index is 14.6. The summed E-state index contributed by atoms with van der Waals surface area (Å²) in [5, 5.41) is 8.39. The highest BCUT2D eigenvalue weighted by Gasteiger charge is 2.26. The molecule has 0 saturated carbocycles. The van der Waals surface area contributed by atoms with Crippen molar-refractivity contribution in [3.63, 3.8) is 0 Å². The van der Waals surface area contributed by atoms with E-state index in [1.807, 2.05) is 24.3 Å². The van der Waals surface area contributed by atoms with Gasteiger partial charge in [0.15, 0.2) is 17.4 Å². The summed E-state index contributed by atoms with van der Waals surface area (Å²) < 4.78 is 69.0. The van der Waals surface area contributed by atoms with Crippen LogP contribution in [0.2, 0.25) is 0 Å². The Kier molecular flexibility index (Phi) is 14.6. The molecular formula is C35H40F4N2O2. The molecule has 0 aliphatic carbocycles. The molecule has 0 spiro atoms. The van der Waals surface area contributed by atoms with Crippen LogP contribution < -0.4 is 9.47 Å². The van der Waals surface area contributed by atoms with Crippen LogP contribution in [-0.2, 0) is 0 Å². The van der Waals surface area contributed by atoms with Gasteiger partial charge >= 0.3 is 0 Å². The van der Waals surface area contributed by atoms with Crippen LogP contribution in [0, 0.1) is 35.1 Å². The van der Waals surface area contributed by atoms with Crippen molar-refractivity contribution < 1.29 is 27.0 Å². The Hall–Kier alpha value is -3.86. The maximum atomic E-state index is 14.6. The molecule has 3 rings (SSSR count). The molecular weight excluding hydrogens is 556 g/mol. The van der Waals surface area contributed by atoms with Crippen molar-refractivity contribution in [2.45, 2.75) is 84.5 Å². The van der Waals surface area contributed by atoms with Crippen LogP contribution in [0.15, 0.2) is 58.8 Å². The molecule has 0 aromatic heterocycles. The molecule has 230 valence electrons. The molecule has 0 fully saturated rings. The molecule has 0 aliphatic rings. The van der Waals surface area contributed by atoms with Crippen LogP contribution in [0.3, 0.4) is 0 Å². The van der Waals surface area contributed by atoms with Crippen LogP contribution >= 0.6 is 0 Å². The minimum absolute atomic E-state index is 0.0352. The summed E-state index contributed by atoms with van der Waals surface area (Å²) in [6.45, 7) is 4.94. The Labute approximate surface area is 252 Å². The normalized spacial score (nSPS) is 11.0. The number of benzene rings is 3. The number of nitrogens with zero attached hydrogens (tertiary/aromatic N) is 2. The standard InChI is InChI=1S/C35H40F4N2O2/c1-3-5-7-9-11-13-25-43-35-33(38)31(36)30(32(37)34(35)39)23-16-26-14-17-27(18-15-26)40-41-28-19-21-29(22-20-28)42-24-12-10-8-6-4-2/h14-15,17-22H,3-13,24-25H2,1-2H3. The summed E-state index contributed by atoms with van der Waals surface area (Å²) in [4.78, 5) is 0. The minimum Gasteiger partial charge on any atom is -0.494 e. The highest BCUT2D eigenvalue weighted by atomic mass is 19.2. The Morgan fingerprint density at radius 3 is 1.53 bits per heavy atom. The van der Waals surface area contributed by atoms with Crippen molar-refractivity contribution >= 4 is 11.4 Å². The lowest BCUT2D eigenvalue weighted by Gasteiger charge is -2.11. The number of hydrogen-bond donors (Lipinski definition) is 0. The Balaban J connectivity index is 1.55. The number of halogens is 4. The van der Waals surface area contributed by atoms with Crippen LogP contribution in [0.25, 0.3) is 0 Å². The molecule has 3 aromatic rings. The summed E-state index contributed by atoms with van der Waals surface area (Å²) in [5.41, 5.74) is 0.556. The zero-order valence-electron chi connectivity index (χ0n) is 25.0. The quantitative estimate of drug-likeness (QED) is 0.0511. The topological polar surface area (TPSA) is 43.2 Å². The molecule has 0 unspecified atom stereocenters. The van der Waals surface area contributed by atoms with E-state index in [1.165, 1.54) is 19.3 Å². The molecule has 0 atom stereocenters. The zero-order valence-corrected chi connectivity index (χ0v) is 25.0. The molecule has 0 heterocycles. The van der Waals surface area contributed by atoms with Gasteiger partial charge in [-0.3, -0.25) is 0 Å². The van der Waals surface area contributed by atoms with Gasteiger partial charge in [0.2, 0.25) is 11.6 Å². The van der Waals surface area contributed by atoms with Gasteiger partial charge in [-0.2, -0.15) is 19.0 Å². The third kappa shape index (κ3) is 11.1. The van der Waals surface area contributed by atoms with Gasteiger partial charge < -0.3 is 9.47 Å². The molecule has 0 amide bonds. The fraction of sp³-hybridized carbons (Fsp3) is 0.429. The third-order valence-electron chi connectivity index (χ3n) is 6.80. The van der Waals surface area contributed by atoms with E-state index in [2.05, 4.69) is 35.9 Å². The SMILES string of the molecule is CCCCCCCCOc1c(F)c(F)c(C#Cc2ccc(N=Nc3ccc(OCCCCCCC)cc3)cc2)c(F)c1F. The van der Waals surface area contributed by atoms with Gasteiger partial charge in [-0.05, 0) is 61.4 Å². The summed E-state index contributed by atoms with van der Waals surface area (Å²) >= 11 is 0. The summed E-state index contributed by atoms with van der Waals surface area (Å²) in [6.07, 6.45) is 11.5. The molecule has 0 bridgehead atoms. The Morgan fingerprint density at radius 1 is 0.535 bits per heavy atom. The first-order valence-corrected chi connectivity index (χ1v) is 15.2. The van der Waals surface area contributed by atoms with Gasteiger partial charge in [0.1, 0.15) is 11.3 Å². The largest absolute Gasteiger partial charge is 0.494 e. The van der Waals surface area contributed by atoms with Crippen molar-refractivity contribution in [2.75, 3.05) is 13.2 Å². The maximum Gasteiger partial charge on any atom is 0.205 e. The van der Waals surface area contributed by atoms with Gasteiger partial charge in [-0.1, -0.05) is 83.5 Å². The fourth-order valence-corrected chi connectivity index (χ4v) is 4.27. The van der Waals surface area contributed by atoms with Crippen molar-refractivity contribution in [3.05, 3.63) is 82.9 Å². The highest BCUT2D eigenvalue weighted by Crippen LogP contribution is 2.30. The molecule has 0 aliphatic heterocycles. The fourth-order valence-electron chi connectivity index (χ4n) is 4.27. The Bertz CT molecular complexity index is 1330. The minimum atomic E-state index is -1.59. The second-order valence-corrected chi connectivity index (χ2v) is 10.3. The monoisotopic (exact) mass is 596 g/mol. The van der Waals surface area contributed by atoms with Gasteiger partial charge in [-0.15, -0.1) is 0 Å². The second kappa shape index (κ2) is 18.6. The second-order valence-electron chi connectivity index (χ2n) is 10.3. The van der Waals surface area contributed by atoms with Crippen LogP contribution in [0.1, 0.15) is 95.6 Å². The molecule has 43 heavy (non-hydrogen) atoms. The zero-order chi connectivity index (χ0) is 30.9. The molecule has 0 N–H and O–H groups in total. The molecule has 4 nitrogen and oxygen atoms in total. The average Bonchev–Trinajstić information content (AvgIpc) is 3.03. The van der Waals surface area contributed by atoms with Gasteiger partial charge in [0.25, 0.3) is 0 Å². The van der Waals surface area contributed by atoms with E-state index in [4.69, 9.17) is 9.47 Å². The third-order valence-corrected chi connectivity index (χ3v) is 6.80. The van der Waals surface area contributed by atoms with E-state index >= 15 is 0 Å². The number of rotatable bonds is 17. The van der Waals surface area contributed by atoms with Crippen molar-refractivity contribution in [1.82, 2.24) is 0 Å². The predicted molar refractivity (Wildman–Crippen MR) is 162 cm³/mol. The van der Waals surface area contributed by atoms with E-state index in [-0.39, 0.29) is 6.61 Å². The number of unbranched alkanes of at least 4 members (excludes halogenated alkanes) is 9. The first-order chi connectivity index (χ1) is 20.9. The van der Waals surface area contributed by atoms with Crippen LogP contribution in [0.5, 0.6) is 11.5 Å². The molecule has 0 radical (unpaired) electrons. The molecule has 8 heteroatoms. The van der Waals surface area contributed by atoms with E-state index < -0.39 is 34.6 Å². The summed E-state index contributed by atoms with van der Waals surface area (Å²) in [7, 11) is 0. The number of hydrogen-bond acceptors (Lipinski definition) is 4. The molecule has 0 saturated heterocycles.